The fourth-order valence-electron chi connectivity index (χ4n) is 5.02. The van der Waals surface area contributed by atoms with Crippen LogP contribution in [0.3, 0.4) is 0 Å². The summed E-state index contributed by atoms with van der Waals surface area (Å²) in [6.45, 7) is 12.3. The molecule has 0 N–H and O–H groups in total. The van der Waals surface area contributed by atoms with E-state index < -0.39 is 44.1 Å². The van der Waals surface area contributed by atoms with Crippen molar-refractivity contribution < 1.29 is 42.7 Å². The maximum atomic E-state index is 13.5. The Bertz CT molecular complexity index is 1500. The molecule has 0 aromatic heterocycles. The van der Waals surface area contributed by atoms with Gasteiger partial charge >= 0.3 is 11.9 Å². The second-order valence-corrected chi connectivity index (χ2v) is 18.9. The standard InChI is InChI=1S/C36H49N3O9Si/c1-25(38-39-37)14-12-18-29(46-34(40)26-15-10-9-11-16-26)33-30(47-36(2,3)48-33)19-13-17-27-22-28(43-5)23-31(45-24-42-4)32(27)35(41)44-20-21-49(6,7)8/h9-13,15-18,22-23,25,29-30,33H,14,19-21,24H2,1-8H3/b17-13+,18-12-/t25-,29?,30-,33?/m0/s1. The van der Waals surface area contributed by atoms with Crippen LogP contribution in [0.25, 0.3) is 16.5 Å². The second-order valence-electron chi connectivity index (χ2n) is 13.3. The van der Waals surface area contributed by atoms with E-state index in [0.717, 1.165) is 6.04 Å². The predicted octanol–water partition coefficient (Wildman–Crippen LogP) is 7.97. The monoisotopic (exact) mass is 695 g/mol. The molecular weight excluding hydrogens is 646 g/mol. The zero-order valence-corrected chi connectivity index (χ0v) is 30.7. The number of carbonyl (C=O) groups is 2. The van der Waals surface area contributed by atoms with Gasteiger partial charge in [0.1, 0.15) is 29.3 Å². The van der Waals surface area contributed by atoms with Gasteiger partial charge in [-0.15, -0.1) is 0 Å². The Morgan fingerprint density at radius 2 is 1.82 bits per heavy atom. The molecule has 1 saturated heterocycles. The molecule has 0 bridgehead atoms. The van der Waals surface area contributed by atoms with Gasteiger partial charge in [0.05, 0.1) is 25.4 Å². The summed E-state index contributed by atoms with van der Waals surface area (Å²) in [5.41, 5.74) is 9.96. The first kappa shape index (κ1) is 39.3. The van der Waals surface area contributed by atoms with Crippen molar-refractivity contribution in [1.29, 1.82) is 0 Å². The summed E-state index contributed by atoms with van der Waals surface area (Å²) in [4.78, 5) is 29.5. The lowest BCUT2D eigenvalue weighted by molar-refractivity contribution is -0.152. The molecule has 0 radical (unpaired) electrons. The molecule has 13 heteroatoms. The highest BCUT2D eigenvalue weighted by molar-refractivity contribution is 6.76. The predicted molar refractivity (Wildman–Crippen MR) is 189 cm³/mol. The molecule has 3 rings (SSSR count). The van der Waals surface area contributed by atoms with E-state index in [-0.39, 0.29) is 24.1 Å². The quantitative estimate of drug-likeness (QED) is 0.0288. The highest BCUT2D eigenvalue weighted by Gasteiger charge is 2.45. The van der Waals surface area contributed by atoms with Crippen molar-refractivity contribution in [2.24, 2.45) is 5.11 Å². The van der Waals surface area contributed by atoms with Gasteiger partial charge in [-0.3, -0.25) is 0 Å². The lowest BCUT2D eigenvalue weighted by Gasteiger charge is -2.24. The zero-order chi connectivity index (χ0) is 36.0. The lowest BCUT2D eigenvalue weighted by Crippen LogP contribution is -2.37. The molecule has 266 valence electrons. The molecule has 2 aromatic rings. The number of azide groups is 1. The van der Waals surface area contributed by atoms with Gasteiger partial charge in [-0.1, -0.05) is 68.1 Å². The Morgan fingerprint density at radius 3 is 2.47 bits per heavy atom. The summed E-state index contributed by atoms with van der Waals surface area (Å²) < 4.78 is 40.7. The molecule has 1 heterocycles. The summed E-state index contributed by atoms with van der Waals surface area (Å²) >= 11 is 0. The summed E-state index contributed by atoms with van der Waals surface area (Å²) in [5.74, 6) is -1.25. The van der Waals surface area contributed by atoms with Crippen LogP contribution in [0, 0.1) is 0 Å². The number of nitrogens with zero attached hydrogens (tertiary/aromatic N) is 3. The van der Waals surface area contributed by atoms with Crippen molar-refractivity contribution in [3.05, 3.63) is 87.8 Å². The summed E-state index contributed by atoms with van der Waals surface area (Å²) in [6, 6.07) is 12.6. The summed E-state index contributed by atoms with van der Waals surface area (Å²) in [7, 11) is 1.58. The molecule has 12 nitrogen and oxygen atoms in total. The molecular formula is C36H49N3O9Si. The maximum Gasteiger partial charge on any atom is 0.342 e. The van der Waals surface area contributed by atoms with Gasteiger partial charge < -0.3 is 33.2 Å². The SMILES string of the molecule is COCOc1cc(OC)cc(/C=C/C[C@@H]2OC(C)(C)OC2C(/C=C\C[C@H](C)N=[N+]=[N-])OC(=O)c2ccccc2)c1C(=O)OCC[Si](C)(C)C. The third kappa shape index (κ3) is 12.7. The number of rotatable bonds is 18. The molecule has 4 atom stereocenters. The normalized spacial score (nSPS) is 18.5. The van der Waals surface area contributed by atoms with E-state index in [1.165, 1.54) is 14.2 Å². The molecule has 0 aliphatic carbocycles. The fourth-order valence-corrected chi connectivity index (χ4v) is 5.73. The molecule has 2 unspecified atom stereocenters. The lowest BCUT2D eigenvalue weighted by atomic mass is 10.0. The topological polar surface area (TPSA) is 148 Å². The molecule has 0 saturated carbocycles. The van der Waals surface area contributed by atoms with Crippen LogP contribution >= 0.6 is 0 Å². The van der Waals surface area contributed by atoms with Gasteiger partial charge in [0.25, 0.3) is 0 Å². The zero-order valence-electron chi connectivity index (χ0n) is 29.7. The average molecular weight is 696 g/mol. The number of benzene rings is 2. The van der Waals surface area contributed by atoms with Crippen LogP contribution in [-0.4, -0.2) is 77.8 Å². The van der Waals surface area contributed by atoms with Gasteiger partial charge in [-0.25, -0.2) is 9.59 Å². The van der Waals surface area contributed by atoms with Crippen LogP contribution in [-0.2, 0) is 23.7 Å². The molecule has 49 heavy (non-hydrogen) atoms. The van der Waals surface area contributed by atoms with Crippen LogP contribution in [0.4, 0.5) is 0 Å². The van der Waals surface area contributed by atoms with Crippen LogP contribution in [0.2, 0.25) is 25.7 Å². The van der Waals surface area contributed by atoms with E-state index in [9.17, 15) is 9.59 Å². The Balaban J connectivity index is 1.93. The first-order chi connectivity index (χ1) is 23.3. The Morgan fingerprint density at radius 1 is 1.08 bits per heavy atom. The molecule has 1 aliphatic heterocycles. The second kappa shape index (κ2) is 18.6. The number of hydrogen-bond donors (Lipinski definition) is 0. The Labute approximate surface area is 289 Å². The number of esters is 2. The minimum Gasteiger partial charge on any atom is -0.497 e. The third-order valence-corrected chi connectivity index (χ3v) is 9.18. The number of ether oxygens (including phenoxy) is 7. The van der Waals surface area contributed by atoms with Gasteiger partial charge in [-0.05, 0) is 68.1 Å². The maximum absolute atomic E-state index is 13.5. The van der Waals surface area contributed by atoms with E-state index in [1.807, 2.05) is 18.2 Å². The smallest absolute Gasteiger partial charge is 0.342 e. The van der Waals surface area contributed by atoms with Crippen molar-refractivity contribution >= 4 is 26.1 Å². The molecule has 2 aromatic carbocycles. The number of methoxy groups -OCH3 is 2. The van der Waals surface area contributed by atoms with Gasteiger partial charge in [0.15, 0.2) is 12.6 Å². The van der Waals surface area contributed by atoms with Crippen molar-refractivity contribution in [3.8, 4) is 11.5 Å². The van der Waals surface area contributed by atoms with E-state index in [0.29, 0.717) is 36.3 Å². The van der Waals surface area contributed by atoms with E-state index >= 15 is 0 Å². The summed E-state index contributed by atoms with van der Waals surface area (Å²) in [6.07, 6.45) is 5.92. The molecule has 0 amide bonds. The van der Waals surface area contributed by atoms with Crippen molar-refractivity contribution in [3.63, 3.8) is 0 Å². The average Bonchev–Trinajstić information content (AvgIpc) is 3.36. The van der Waals surface area contributed by atoms with E-state index in [1.54, 1.807) is 69.3 Å². The van der Waals surface area contributed by atoms with Crippen molar-refractivity contribution in [2.75, 3.05) is 27.6 Å². The fraction of sp³-hybridized carbons (Fsp3) is 0.500. The van der Waals surface area contributed by atoms with Gasteiger partial charge in [0, 0.05) is 32.2 Å². The molecule has 0 spiro atoms. The molecule has 1 aliphatic rings. The van der Waals surface area contributed by atoms with Gasteiger partial charge in [0.2, 0.25) is 0 Å². The first-order valence-corrected chi connectivity index (χ1v) is 20.0. The van der Waals surface area contributed by atoms with Crippen molar-refractivity contribution in [2.45, 2.75) is 89.4 Å². The number of carbonyl (C=O) groups excluding carboxylic acids is 2. The van der Waals surface area contributed by atoms with Crippen LogP contribution < -0.4 is 9.47 Å². The van der Waals surface area contributed by atoms with Crippen LogP contribution in [0.15, 0.2) is 65.8 Å². The highest BCUT2D eigenvalue weighted by Crippen LogP contribution is 2.35. The summed E-state index contributed by atoms with van der Waals surface area (Å²) in [5, 5.41) is 3.72. The largest absolute Gasteiger partial charge is 0.497 e. The van der Waals surface area contributed by atoms with Crippen LogP contribution in [0.5, 0.6) is 11.5 Å². The number of hydrogen-bond acceptors (Lipinski definition) is 10. The minimum absolute atomic E-state index is 0.0756. The first-order valence-electron chi connectivity index (χ1n) is 16.3. The Hall–Kier alpha value is -4.13. The molecule has 1 fully saturated rings. The van der Waals surface area contributed by atoms with Gasteiger partial charge in [-0.2, -0.15) is 0 Å². The highest BCUT2D eigenvalue weighted by atomic mass is 28.3. The third-order valence-electron chi connectivity index (χ3n) is 7.48. The van der Waals surface area contributed by atoms with E-state index in [2.05, 4.69) is 29.7 Å². The Kier molecular flexibility index (Phi) is 14.9. The van der Waals surface area contributed by atoms with E-state index in [4.69, 9.17) is 38.7 Å². The minimum atomic E-state index is -1.44. The van der Waals surface area contributed by atoms with Crippen LogP contribution in [0.1, 0.15) is 59.9 Å². The van der Waals surface area contributed by atoms with Crippen molar-refractivity contribution in [1.82, 2.24) is 0 Å².